The highest BCUT2D eigenvalue weighted by molar-refractivity contribution is 7.89. The van der Waals surface area contributed by atoms with Gasteiger partial charge in [-0.05, 0) is 37.5 Å². The zero-order valence-corrected chi connectivity index (χ0v) is 13.0. The first kappa shape index (κ1) is 16.4. The fourth-order valence-electron chi connectivity index (χ4n) is 2.24. The number of hydrogen-bond donors (Lipinski definition) is 2. The Morgan fingerprint density at radius 2 is 1.82 bits per heavy atom. The molecule has 0 saturated heterocycles. The molecule has 0 spiro atoms. The topological polar surface area (TPSA) is 110 Å². The summed E-state index contributed by atoms with van der Waals surface area (Å²) in [5.41, 5.74) is 0.0309. The Balaban J connectivity index is 2.22. The number of nitrogens with one attached hydrogen (secondary N) is 1. The number of carboxylic acid groups (broad SMARTS) is 1. The Morgan fingerprint density at radius 1 is 1.27 bits per heavy atom. The van der Waals surface area contributed by atoms with E-state index < -0.39 is 27.4 Å². The standard InChI is InChI=1S/C14H17NO6S/c1-9(12(16)17)15-22(19,20)11-5-3-10(4-6-11)14(7-8-14)13(18)21-2/h3-6,9,15H,7-8H2,1-2H3,(H,16,17)/t9-/m0/s1. The average molecular weight is 327 g/mol. The van der Waals surface area contributed by atoms with Gasteiger partial charge in [-0.2, -0.15) is 4.72 Å². The number of ether oxygens (including phenoxy) is 1. The molecule has 0 radical (unpaired) electrons. The molecule has 0 aliphatic heterocycles. The number of sulfonamides is 1. The second-order valence-corrected chi connectivity index (χ2v) is 6.99. The van der Waals surface area contributed by atoms with Gasteiger partial charge in [-0.1, -0.05) is 12.1 Å². The maximum atomic E-state index is 12.0. The molecule has 8 heteroatoms. The van der Waals surface area contributed by atoms with Gasteiger partial charge in [0.1, 0.15) is 6.04 Å². The lowest BCUT2D eigenvalue weighted by atomic mass is 9.96. The van der Waals surface area contributed by atoms with Crippen LogP contribution in [0.1, 0.15) is 25.3 Å². The van der Waals surface area contributed by atoms with E-state index in [9.17, 15) is 18.0 Å². The largest absolute Gasteiger partial charge is 0.480 e. The van der Waals surface area contributed by atoms with Crippen molar-refractivity contribution < 1.29 is 27.9 Å². The van der Waals surface area contributed by atoms with Crippen LogP contribution >= 0.6 is 0 Å². The number of esters is 1. The minimum absolute atomic E-state index is 0.0509. The minimum atomic E-state index is -3.92. The molecule has 120 valence electrons. The summed E-state index contributed by atoms with van der Waals surface area (Å²) in [6.07, 6.45) is 1.33. The zero-order chi connectivity index (χ0) is 16.5. The van der Waals surface area contributed by atoms with Gasteiger partial charge < -0.3 is 9.84 Å². The molecule has 1 aromatic carbocycles. The molecule has 1 saturated carbocycles. The number of carbonyl (C=O) groups is 2. The fraction of sp³-hybridized carbons (Fsp3) is 0.429. The van der Waals surface area contributed by atoms with Gasteiger partial charge in [0.05, 0.1) is 17.4 Å². The van der Waals surface area contributed by atoms with Crippen LogP contribution in [-0.4, -0.2) is 38.6 Å². The van der Waals surface area contributed by atoms with Crippen molar-refractivity contribution in [2.75, 3.05) is 7.11 Å². The first-order valence-electron chi connectivity index (χ1n) is 6.67. The van der Waals surface area contributed by atoms with E-state index in [-0.39, 0.29) is 10.9 Å². The first-order chi connectivity index (χ1) is 10.2. The van der Waals surface area contributed by atoms with Crippen LogP contribution in [-0.2, 0) is 29.8 Å². The van der Waals surface area contributed by atoms with Crippen molar-refractivity contribution in [3.05, 3.63) is 29.8 Å². The van der Waals surface area contributed by atoms with E-state index in [4.69, 9.17) is 9.84 Å². The molecule has 1 aliphatic rings. The second kappa shape index (κ2) is 5.69. The van der Waals surface area contributed by atoms with E-state index in [1.807, 2.05) is 0 Å². The lowest BCUT2D eigenvalue weighted by Crippen LogP contribution is -2.38. The molecular weight excluding hydrogens is 310 g/mol. The van der Waals surface area contributed by atoms with Crippen molar-refractivity contribution in [1.82, 2.24) is 4.72 Å². The number of rotatable bonds is 6. The smallest absolute Gasteiger partial charge is 0.321 e. The Hall–Kier alpha value is -1.93. The molecule has 0 amide bonds. The van der Waals surface area contributed by atoms with Crippen molar-refractivity contribution in [3.8, 4) is 0 Å². The van der Waals surface area contributed by atoms with Crippen molar-refractivity contribution >= 4 is 22.0 Å². The van der Waals surface area contributed by atoms with Crippen LogP contribution in [0.25, 0.3) is 0 Å². The third kappa shape index (κ3) is 2.97. The predicted octanol–water partition coefficient (Wildman–Crippen LogP) is 0.643. The molecule has 22 heavy (non-hydrogen) atoms. The van der Waals surface area contributed by atoms with Crippen molar-refractivity contribution in [1.29, 1.82) is 0 Å². The quantitative estimate of drug-likeness (QED) is 0.742. The molecule has 7 nitrogen and oxygen atoms in total. The molecule has 0 aromatic heterocycles. The number of carbonyl (C=O) groups excluding carboxylic acids is 1. The second-order valence-electron chi connectivity index (χ2n) is 5.28. The Morgan fingerprint density at radius 3 is 2.23 bits per heavy atom. The van der Waals surface area contributed by atoms with E-state index in [1.165, 1.54) is 26.2 Å². The SMILES string of the molecule is COC(=O)C1(c2ccc(S(=O)(=O)N[C@@H](C)C(=O)O)cc2)CC1. The van der Waals surface area contributed by atoms with Crippen LogP contribution in [0, 0.1) is 0 Å². The van der Waals surface area contributed by atoms with Crippen LogP contribution in [0.3, 0.4) is 0 Å². The third-order valence-electron chi connectivity index (χ3n) is 3.75. The molecule has 0 heterocycles. The Bertz CT molecular complexity index is 691. The summed E-state index contributed by atoms with van der Waals surface area (Å²) in [4.78, 5) is 22.5. The summed E-state index contributed by atoms with van der Waals surface area (Å²) in [6.45, 7) is 1.24. The number of carboxylic acids is 1. The summed E-state index contributed by atoms with van der Waals surface area (Å²) in [5, 5.41) is 8.76. The van der Waals surface area contributed by atoms with Gasteiger partial charge >= 0.3 is 11.9 Å². The highest BCUT2D eigenvalue weighted by atomic mass is 32.2. The normalized spacial score (nSPS) is 17.5. The Kier molecular flexibility index (Phi) is 4.25. The monoisotopic (exact) mass is 327 g/mol. The summed E-state index contributed by atoms with van der Waals surface area (Å²) >= 11 is 0. The molecule has 0 unspecified atom stereocenters. The van der Waals surface area contributed by atoms with Crippen molar-refractivity contribution in [2.45, 2.75) is 36.1 Å². The van der Waals surface area contributed by atoms with Crippen LogP contribution in [0.4, 0.5) is 0 Å². The van der Waals surface area contributed by atoms with Gasteiger partial charge in [-0.15, -0.1) is 0 Å². The fourth-order valence-corrected chi connectivity index (χ4v) is 3.43. The number of hydrogen-bond acceptors (Lipinski definition) is 5. The highest BCUT2D eigenvalue weighted by Gasteiger charge is 2.52. The van der Waals surface area contributed by atoms with Gasteiger partial charge in [0, 0.05) is 0 Å². The van der Waals surface area contributed by atoms with Gasteiger partial charge in [0.25, 0.3) is 0 Å². The van der Waals surface area contributed by atoms with Crippen LogP contribution in [0.15, 0.2) is 29.2 Å². The molecular formula is C14H17NO6S. The molecule has 0 bridgehead atoms. The van der Waals surface area contributed by atoms with E-state index in [2.05, 4.69) is 4.72 Å². The molecule has 1 aliphatic carbocycles. The van der Waals surface area contributed by atoms with E-state index in [0.717, 1.165) is 0 Å². The average Bonchev–Trinajstić information content (AvgIpc) is 3.27. The third-order valence-corrected chi connectivity index (χ3v) is 5.30. The predicted molar refractivity (Wildman–Crippen MR) is 76.8 cm³/mol. The van der Waals surface area contributed by atoms with Gasteiger partial charge in [-0.3, -0.25) is 9.59 Å². The summed E-state index contributed by atoms with van der Waals surface area (Å²) in [5.74, 6) is -1.59. The summed E-state index contributed by atoms with van der Waals surface area (Å²) in [6, 6.07) is 4.60. The van der Waals surface area contributed by atoms with Gasteiger partial charge in [-0.25, -0.2) is 8.42 Å². The van der Waals surface area contributed by atoms with E-state index in [0.29, 0.717) is 18.4 Å². The summed E-state index contributed by atoms with van der Waals surface area (Å²) < 4.78 is 30.9. The van der Waals surface area contributed by atoms with Crippen molar-refractivity contribution in [2.24, 2.45) is 0 Å². The Labute approximate surface area is 128 Å². The molecule has 1 fully saturated rings. The highest BCUT2D eigenvalue weighted by Crippen LogP contribution is 2.49. The van der Waals surface area contributed by atoms with Crippen LogP contribution < -0.4 is 4.72 Å². The molecule has 2 rings (SSSR count). The number of methoxy groups -OCH3 is 1. The minimum Gasteiger partial charge on any atom is -0.480 e. The van der Waals surface area contributed by atoms with E-state index >= 15 is 0 Å². The van der Waals surface area contributed by atoms with E-state index in [1.54, 1.807) is 12.1 Å². The molecule has 1 aromatic rings. The zero-order valence-electron chi connectivity index (χ0n) is 12.2. The molecule has 1 atom stereocenters. The number of aliphatic carboxylic acids is 1. The maximum Gasteiger partial charge on any atom is 0.321 e. The lowest BCUT2D eigenvalue weighted by Gasteiger charge is -2.14. The summed E-state index contributed by atoms with van der Waals surface area (Å²) in [7, 11) is -2.60. The van der Waals surface area contributed by atoms with Gasteiger partial charge in [0.2, 0.25) is 10.0 Å². The molecule has 2 N–H and O–H groups in total. The number of benzene rings is 1. The van der Waals surface area contributed by atoms with Crippen molar-refractivity contribution in [3.63, 3.8) is 0 Å². The lowest BCUT2D eigenvalue weighted by molar-refractivity contribution is -0.143. The van der Waals surface area contributed by atoms with Crippen LogP contribution in [0.5, 0.6) is 0 Å². The maximum absolute atomic E-state index is 12.0. The first-order valence-corrected chi connectivity index (χ1v) is 8.15. The van der Waals surface area contributed by atoms with Gasteiger partial charge in [0.15, 0.2) is 0 Å². The van der Waals surface area contributed by atoms with Crippen LogP contribution in [0.2, 0.25) is 0 Å².